The van der Waals surface area contributed by atoms with Crippen molar-refractivity contribution in [3.63, 3.8) is 0 Å². The minimum Gasteiger partial charge on any atom is -0.484 e. The van der Waals surface area contributed by atoms with Crippen LogP contribution >= 0.6 is 34.8 Å². The lowest BCUT2D eigenvalue weighted by Crippen LogP contribution is -2.49. The average Bonchev–Trinajstić information content (AvgIpc) is 1.36. The number of rotatable bonds is 18. The number of para-hydroxylation sites is 8. The number of ether oxygens (including phenoxy) is 3. The third-order valence-corrected chi connectivity index (χ3v) is 15.3. The summed E-state index contributed by atoms with van der Waals surface area (Å²) in [6, 6.07) is 53.5. The molecule has 5 amide bonds. The Balaban J connectivity index is 0.000000242. The van der Waals surface area contributed by atoms with Gasteiger partial charge in [0.25, 0.3) is 23.6 Å². The molecule has 7 aromatic rings. The smallest absolute Gasteiger partial charge is 0.262 e. The highest BCUT2D eigenvalue weighted by molar-refractivity contribution is 6.32. The number of allylic oxidation sites excluding steroid dienone is 1. The van der Waals surface area contributed by atoms with Crippen LogP contribution in [0.2, 0.25) is 15.1 Å². The third kappa shape index (κ3) is 19.0. The number of piperazine rings is 3. The predicted molar refractivity (Wildman–Crippen MR) is 355 cm³/mol. The summed E-state index contributed by atoms with van der Waals surface area (Å²) in [5, 5.41) is 10.4. The van der Waals surface area contributed by atoms with Gasteiger partial charge in [-0.2, -0.15) is 0 Å². The topological polar surface area (TPSA) is 169 Å². The zero-order valence-electron chi connectivity index (χ0n) is 48.8. The molecule has 0 unspecified atom stereocenters. The molecule has 0 radical (unpaired) electrons. The van der Waals surface area contributed by atoms with Gasteiger partial charge in [-0.15, -0.1) is 0 Å². The van der Waals surface area contributed by atoms with E-state index in [1.165, 1.54) is 0 Å². The highest BCUT2D eigenvalue weighted by Crippen LogP contribution is 2.31. The van der Waals surface area contributed by atoms with Gasteiger partial charge in [-0.1, -0.05) is 127 Å². The van der Waals surface area contributed by atoms with Gasteiger partial charge in [0.15, 0.2) is 19.8 Å². The Morgan fingerprint density at radius 3 is 1.20 bits per heavy atom. The van der Waals surface area contributed by atoms with Crippen LogP contribution in [0.15, 0.2) is 188 Å². The van der Waals surface area contributed by atoms with Crippen LogP contribution in [0.3, 0.4) is 0 Å². The van der Waals surface area contributed by atoms with Crippen molar-refractivity contribution in [1.29, 1.82) is 0 Å². The van der Waals surface area contributed by atoms with Crippen molar-refractivity contribution >= 4 is 98.5 Å². The number of carbonyl (C=O) groups is 5. The normalized spacial score (nSPS) is 13.8. The van der Waals surface area contributed by atoms with Gasteiger partial charge in [0.1, 0.15) is 17.2 Å². The van der Waals surface area contributed by atoms with E-state index in [1.807, 2.05) is 139 Å². The fourth-order valence-corrected chi connectivity index (χ4v) is 10.4. The Morgan fingerprint density at radius 1 is 0.437 bits per heavy atom. The second-order valence-corrected chi connectivity index (χ2v) is 21.7. The molecule has 20 heteroatoms. The van der Waals surface area contributed by atoms with E-state index in [1.54, 1.807) is 60.7 Å². The fourth-order valence-electron chi connectivity index (χ4n) is 9.88. The molecule has 3 heterocycles. The summed E-state index contributed by atoms with van der Waals surface area (Å²) >= 11 is 18.0. The lowest BCUT2D eigenvalue weighted by Gasteiger charge is -2.38. The molecule has 3 fully saturated rings. The van der Waals surface area contributed by atoms with Gasteiger partial charge in [0, 0.05) is 106 Å². The molecule has 3 saturated heterocycles. The molecule has 7 aromatic carbocycles. The SMILES string of the molecule is C=C(C)N1CCN(c2ccccc2NC(=O)COc2ccccc2Cl)CC1.CCC(=O)N1CCN(c2ccccc2NC(=O)COc2ccccc2Cl)CC1.O=C(COc1ccc(Cl)cc1)Nc1ccccc1N1CCN(C(=O)c2ccccc2)CC1.[HH].[HH].[HH]. The molecular formula is C67H78Cl3N9O8. The minimum atomic E-state index is -0.257. The van der Waals surface area contributed by atoms with Crippen molar-refractivity contribution in [1.82, 2.24) is 14.7 Å². The summed E-state index contributed by atoms with van der Waals surface area (Å²) in [5.74, 6) is 1.06. The Bertz CT molecular complexity index is 3450. The van der Waals surface area contributed by atoms with Crippen LogP contribution in [-0.2, 0) is 19.2 Å². The zero-order valence-corrected chi connectivity index (χ0v) is 51.1. The van der Waals surface area contributed by atoms with Crippen LogP contribution in [0.25, 0.3) is 0 Å². The van der Waals surface area contributed by atoms with Gasteiger partial charge in [-0.25, -0.2) is 0 Å². The van der Waals surface area contributed by atoms with Gasteiger partial charge in [0.2, 0.25) is 5.91 Å². The first-order valence-corrected chi connectivity index (χ1v) is 29.9. The lowest BCUT2D eigenvalue weighted by atomic mass is 10.1. The summed E-state index contributed by atoms with van der Waals surface area (Å²) < 4.78 is 16.6. The first kappa shape index (κ1) is 64.1. The number of hydrogen-bond acceptors (Lipinski definition) is 12. The highest BCUT2D eigenvalue weighted by atomic mass is 35.5. The van der Waals surface area contributed by atoms with Crippen LogP contribution in [0.1, 0.15) is 34.9 Å². The van der Waals surface area contributed by atoms with Crippen molar-refractivity contribution in [2.75, 3.05) is 129 Å². The molecule has 10 rings (SSSR count). The van der Waals surface area contributed by atoms with Crippen LogP contribution in [0.4, 0.5) is 34.1 Å². The Kier molecular flexibility index (Phi) is 24.0. The Morgan fingerprint density at radius 2 is 0.793 bits per heavy atom. The summed E-state index contributed by atoms with van der Waals surface area (Å²) in [7, 11) is 0. The van der Waals surface area contributed by atoms with E-state index >= 15 is 0 Å². The molecule has 0 saturated carbocycles. The van der Waals surface area contributed by atoms with Crippen LogP contribution in [-0.4, -0.2) is 143 Å². The summed E-state index contributed by atoms with van der Waals surface area (Å²) in [4.78, 5) is 74.4. The maximum absolute atomic E-state index is 12.7. The first-order chi connectivity index (χ1) is 42.2. The lowest BCUT2D eigenvalue weighted by molar-refractivity contribution is -0.131. The molecule has 3 aliphatic rings. The molecule has 0 spiro atoms. The quantitative estimate of drug-likeness (QED) is 0.0745. The molecule has 460 valence electrons. The fraction of sp³-hybridized carbons (Fsp3) is 0.269. The van der Waals surface area contributed by atoms with Crippen LogP contribution < -0.4 is 44.9 Å². The van der Waals surface area contributed by atoms with Crippen molar-refractivity contribution < 1.29 is 42.5 Å². The minimum absolute atomic E-state index is 0. The second kappa shape index (κ2) is 32.6. The largest absolute Gasteiger partial charge is 0.484 e. The van der Waals surface area contributed by atoms with Gasteiger partial charge in [0.05, 0.1) is 44.2 Å². The van der Waals surface area contributed by atoms with Gasteiger partial charge < -0.3 is 59.6 Å². The molecule has 0 aromatic heterocycles. The van der Waals surface area contributed by atoms with Gasteiger partial charge in [-0.05, 0) is 104 Å². The Hall–Kier alpha value is -8.90. The van der Waals surface area contributed by atoms with E-state index in [4.69, 9.17) is 49.0 Å². The first-order valence-electron chi connectivity index (χ1n) is 28.8. The van der Waals surface area contributed by atoms with Gasteiger partial charge >= 0.3 is 0 Å². The Labute approximate surface area is 528 Å². The van der Waals surface area contributed by atoms with E-state index in [0.717, 1.165) is 79.1 Å². The van der Waals surface area contributed by atoms with E-state index in [2.05, 4.69) is 42.1 Å². The number of amides is 5. The standard InChI is InChI=1S/C25H24ClN3O3.C21H24ClN3O3.C21H24ClN3O2.3H2/c26-20-10-12-21(13-11-20)32-18-24(30)27-22-8-4-5-9-23(22)28-14-16-29(17-15-28)25(31)19-6-2-1-3-7-19;1-2-21(27)25-13-11-24(12-14-25)18-9-5-4-8-17(18)23-20(26)15-28-19-10-6-3-7-16(19)22;1-16(2)24-11-13-25(14-12-24)19-9-5-4-8-18(19)23-21(26)15-27-20-10-6-3-7-17(20)22;;;/h1-13H,14-18H2,(H,27,30);3-10H,2,11-15H2,1H3,(H,23,26);3-10H,1,11-15H2,2H3,(H,23,26);3*1H. The maximum atomic E-state index is 12.7. The molecule has 3 N–H and O–H groups in total. The van der Waals surface area contributed by atoms with E-state index in [9.17, 15) is 24.0 Å². The number of hydrogen-bond donors (Lipinski definition) is 3. The van der Waals surface area contributed by atoms with Crippen LogP contribution in [0, 0.1) is 0 Å². The molecule has 0 atom stereocenters. The van der Waals surface area contributed by atoms with Crippen molar-refractivity contribution in [2.24, 2.45) is 0 Å². The third-order valence-electron chi connectivity index (χ3n) is 14.5. The zero-order chi connectivity index (χ0) is 61.5. The number of nitrogens with zero attached hydrogens (tertiary/aromatic N) is 6. The van der Waals surface area contributed by atoms with E-state index in [0.29, 0.717) is 83.6 Å². The molecule has 87 heavy (non-hydrogen) atoms. The average molecular weight is 1240 g/mol. The molecule has 0 bridgehead atoms. The molecular weight excluding hydrogens is 1170 g/mol. The number of halogens is 3. The van der Waals surface area contributed by atoms with Crippen molar-refractivity contribution in [2.45, 2.75) is 20.3 Å². The number of benzene rings is 7. The van der Waals surface area contributed by atoms with Crippen molar-refractivity contribution in [3.05, 3.63) is 209 Å². The summed E-state index contributed by atoms with van der Waals surface area (Å²) in [6.07, 6.45) is 0.526. The summed E-state index contributed by atoms with van der Waals surface area (Å²) in [6.45, 7) is 16.7. The van der Waals surface area contributed by atoms with E-state index < -0.39 is 0 Å². The highest BCUT2D eigenvalue weighted by Gasteiger charge is 2.26. The summed E-state index contributed by atoms with van der Waals surface area (Å²) in [5.41, 5.74) is 6.92. The van der Waals surface area contributed by atoms with Gasteiger partial charge in [-0.3, -0.25) is 24.0 Å². The monoisotopic (exact) mass is 1240 g/mol. The van der Waals surface area contributed by atoms with E-state index in [-0.39, 0.29) is 53.6 Å². The molecule has 3 aliphatic heterocycles. The predicted octanol–water partition coefficient (Wildman–Crippen LogP) is 12.5. The maximum Gasteiger partial charge on any atom is 0.262 e. The van der Waals surface area contributed by atoms with Crippen molar-refractivity contribution in [3.8, 4) is 17.2 Å². The molecule has 17 nitrogen and oxygen atoms in total. The van der Waals surface area contributed by atoms with Crippen LogP contribution in [0.5, 0.6) is 17.2 Å². The second-order valence-electron chi connectivity index (χ2n) is 20.5. The number of anilines is 6. The number of nitrogens with one attached hydrogen (secondary N) is 3. The molecule has 0 aliphatic carbocycles. The number of carbonyl (C=O) groups excluding carboxylic acids is 5.